The van der Waals surface area contributed by atoms with Crippen LogP contribution >= 0.6 is 0 Å². The molecule has 0 aliphatic carbocycles. The fourth-order valence-electron chi connectivity index (χ4n) is 4.90. The quantitative estimate of drug-likeness (QED) is 0.341. The van der Waals surface area contributed by atoms with Crippen molar-refractivity contribution in [3.05, 3.63) is 53.1 Å². The Balaban J connectivity index is 1.57. The minimum absolute atomic E-state index is 0.0101. The van der Waals surface area contributed by atoms with Crippen molar-refractivity contribution in [1.82, 2.24) is 9.80 Å². The van der Waals surface area contributed by atoms with Crippen LogP contribution in [0.3, 0.4) is 0 Å². The van der Waals surface area contributed by atoms with E-state index in [2.05, 4.69) is 4.90 Å². The van der Waals surface area contributed by atoms with Crippen molar-refractivity contribution in [3.63, 3.8) is 0 Å². The molecule has 3 aliphatic heterocycles. The van der Waals surface area contributed by atoms with Gasteiger partial charge < -0.3 is 33.7 Å². The van der Waals surface area contributed by atoms with Crippen molar-refractivity contribution in [3.8, 4) is 23.0 Å². The Hall–Kier alpha value is -3.76. The van der Waals surface area contributed by atoms with Crippen LogP contribution in [0, 0.1) is 0 Å². The smallest absolute Gasteiger partial charge is 0.295 e. The monoisotopic (exact) mass is 510 g/mol. The second-order valence-corrected chi connectivity index (χ2v) is 8.92. The number of aliphatic hydroxyl groups excluding tert-OH is 1. The van der Waals surface area contributed by atoms with E-state index in [1.807, 2.05) is 0 Å². The fourth-order valence-corrected chi connectivity index (χ4v) is 4.90. The van der Waals surface area contributed by atoms with Crippen molar-refractivity contribution in [2.24, 2.45) is 0 Å². The molecule has 2 aromatic rings. The summed E-state index contributed by atoms with van der Waals surface area (Å²) in [5.74, 6) is 0.330. The summed E-state index contributed by atoms with van der Waals surface area (Å²) in [7, 11) is 3.06. The Morgan fingerprint density at radius 3 is 2.38 bits per heavy atom. The maximum atomic E-state index is 13.4. The number of likely N-dealkylation sites (tertiary alicyclic amines) is 1. The Bertz CT molecular complexity index is 1220. The van der Waals surface area contributed by atoms with Gasteiger partial charge in [-0.1, -0.05) is 6.07 Å². The van der Waals surface area contributed by atoms with Crippen LogP contribution in [0.15, 0.2) is 42.0 Å². The summed E-state index contributed by atoms with van der Waals surface area (Å²) in [6.07, 6.45) is 0. The highest BCUT2D eigenvalue weighted by atomic mass is 16.6. The van der Waals surface area contributed by atoms with Gasteiger partial charge in [-0.3, -0.25) is 14.5 Å². The number of methoxy groups -OCH3 is 2. The Labute approximate surface area is 214 Å². The highest BCUT2D eigenvalue weighted by Crippen LogP contribution is 2.43. The van der Waals surface area contributed by atoms with Crippen molar-refractivity contribution >= 4 is 17.4 Å². The minimum atomic E-state index is -0.811. The molecule has 37 heavy (non-hydrogen) atoms. The first-order chi connectivity index (χ1) is 18.0. The third-order valence-electron chi connectivity index (χ3n) is 6.84. The number of hydrogen-bond acceptors (Lipinski definition) is 9. The van der Waals surface area contributed by atoms with Crippen LogP contribution < -0.4 is 18.9 Å². The van der Waals surface area contributed by atoms with E-state index >= 15 is 0 Å². The molecule has 0 radical (unpaired) electrons. The summed E-state index contributed by atoms with van der Waals surface area (Å²) in [6.45, 7) is 4.46. The van der Waals surface area contributed by atoms with Gasteiger partial charge in [-0.25, -0.2) is 0 Å². The number of nitrogens with zero attached hydrogens (tertiary/aromatic N) is 2. The molecule has 196 valence electrons. The third kappa shape index (κ3) is 4.82. The van der Waals surface area contributed by atoms with Gasteiger partial charge in [0.2, 0.25) is 0 Å². The van der Waals surface area contributed by atoms with Crippen LogP contribution in [0.25, 0.3) is 5.76 Å². The lowest BCUT2D eigenvalue weighted by atomic mass is 9.94. The maximum absolute atomic E-state index is 13.4. The van der Waals surface area contributed by atoms with Crippen LogP contribution in [0.5, 0.6) is 23.0 Å². The summed E-state index contributed by atoms with van der Waals surface area (Å²) in [6, 6.07) is 9.37. The first kappa shape index (κ1) is 24.9. The van der Waals surface area contributed by atoms with E-state index in [0.29, 0.717) is 73.6 Å². The van der Waals surface area contributed by atoms with Gasteiger partial charge in [0, 0.05) is 31.7 Å². The molecule has 2 fully saturated rings. The van der Waals surface area contributed by atoms with Gasteiger partial charge in [0.1, 0.15) is 19.0 Å². The zero-order chi connectivity index (χ0) is 25.9. The van der Waals surface area contributed by atoms with E-state index in [9.17, 15) is 14.7 Å². The lowest BCUT2D eigenvalue weighted by Crippen LogP contribution is -2.42. The SMILES string of the molecule is COc1ccc([C@H]2C(=C(O)c3ccc4c(c3)OCCO4)C(=O)C(=O)N2CCN2CCOCC2)cc1OC. The third-order valence-corrected chi connectivity index (χ3v) is 6.84. The molecular formula is C27H30N2O8. The van der Waals surface area contributed by atoms with Gasteiger partial charge in [0.25, 0.3) is 11.7 Å². The van der Waals surface area contributed by atoms with Gasteiger partial charge in [-0.2, -0.15) is 0 Å². The number of aliphatic hydroxyl groups is 1. The zero-order valence-electron chi connectivity index (χ0n) is 20.9. The van der Waals surface area contributed by atoms with Crippen LogP contribution in [0.1, 0.15) is 17.2 Å². The molecule has 5 rings (SSSR count). The summed E-state index contributed by atoms with van der Waals surface area (Å²) < 4.78 is 27.5. The second-order valence-electron chi connectivity index (χ2n) is 8.92. The van der Waals surface area contributed by atoms with Crippen LogP contribution in [0.4, 0.5) is 0 Å². The van der Waals surface area contributed by atoms with Crippen LogP contribution in [-0.2, 0) is 14.3 Å². The average molecular weight is 511 g/mol. The molecule has 10 nitrogen and oxygen atoms in total. The van der Waals surface area contributed by atoms with E-state index in [4.69, 9.17) is 23.7 Å². The molecule has 0 spiro atoms. The van der Waals surface area contributed by atoms with E-state index in [0.717, 1.165) is 13.1 Å². The summed E-state index contributed by atoms with van der Waals surface area (Å²) >= 11 is 0. The average Bonchev–Trinajstić information content (AvgIpc) is 3.20. The van der Waals surface area contributed by atoms with Gasteiger partial charge in [0.15, 0.2) is 23.0 Å². The van der Waals surface area contributed by atoms with E-state index in [1.54, 1.807) is 36.4 Å². The number of fused-ring (bicyclic) bond motifs is 1. The van der Waals surface area contributed by atoms with Gasteiger partial charge in [-0.05, 0) is 35.9 Å². The van der Waals surface area contributed by atoms with E-state index in [1.165, 1.54) is 19.1 Å². The summed E-state index contributed by atoms with van der Waals surface area (Å²) in [5.41, 5.74) is 0.995. The molecule has 1 N–H and O–H groups in total. The molecule has 0 aromatic heterocycles. The summed E-state index contributed by atoms with van der Waals surface area (Å²) in [4.78, 5) is 30.4. The highest BCUT2D eigenvalue weighted by Gasteiger charge is 2.46. The minimum Gasteiger partial charge on any atom is -0.507 e. The van der Waals surface area contributed by atoms with Crippen molar-refractivity contribution in [2.45, 2.75) is 6.04 Å². The molecule has 0 bridgehead atoms. The number of carbonyl (C=O) groups excluding carboxylic acids is 2. The van der Waals surface area contributed by atoms with Gasteiger partial charge in [0.05, 0.1) is 39.0 Å². The van der Waals surface area contributed by atoms with Crippen molar-refractivity contribution < 1.29 is 38.4 Å². The number of hydrogen-bond donors (Lipinski definition) is 1. The fraction of sp³-hybridized carbons (Fsp3) is 0.407. The lowest BCUT2D eigenvalue weighted by Gasteiger charge is -2.31. The summed E-state index contributed by atoms with van der Waals surface area (Å²) in [5, 5.41) is 11.4. The number of Topliss-reactive ketones (excluding diaryl/α,β-unsaturated/α-hetero) is 1. The first-order valence-corrected chi connectivity index (χ1v) is 12.2. The van der Waals surface area contributed by atoms with Crippen LogP contribution in [0.2, 0.25) is 0 Å². The number of ketones is 1. The van der Waals surface area contributed by atoms with Crippen molar-refractivity contribution in [2.75, 3.05) is 66.8 Å². The second kappa shape index (κ2) is 10.7. The number of carbonyl (C=O) groups is 2. The molecule has 0 saturated carbocycles. The Kier molecular flexibility index (Phi) is 7.20. The predicted octanol–water partition coefficient (Wildman–Crippen LogP) is 2.23. The Morgan fingerprint density at radius 1 is 0.919 bits per heavy atom. The lowest BCUT2D eigenvalue weighted by molar-refractivity contribution is -0.140. The Morgan fingerprint density at radius 2 is 1.65 bits per heavy atom. The molecule has 3 heterocycles. The molecule has 1 atom stereocenters. The standard InChI is InChI=1S/C27H30N2O8/c1-33-19-5-3-17(15-21(19)34-2)24-23(25(30)18-4-6-20-22(16-18)37-14-13-36-20)26(31)27(32)29(24)8-7-28-9-11-35-12-10-28/h3-6,15-16,24,30H,7-14H2,1-2H3/t24-/m0/s1. The maximum Gasteiger partial charge on any atom is 0.295 e. The normalized spacial score (nSPS) is 21.2. The van der Waals surface area contributed by atoms with E-state index < -0.39 is 17.7 Å². The zero-order valence-corrected chi connectivity index (χ0v) is 20.9. The largest absolute Gasteiger partial charge is 0.507 e. The van der Waals surface area contributed by atoms with E-state index in [-0.39, 0.29) is 11.3 Å². The highest BCUT2D eigenvalue weighted by molar-refractivity contribution is 6.46. The molecule has 3 aliphatic rings. The van der Waals surface area contributed by atoms with Gasteiger partial charge in [-0.15, -0.1) is 0 Å². The molecular weight excluding hydrogens is 480 g/mol. The molecule has 1 amide bonds. The molecule has 2 aromatic carbocycles. The number of amides is 1. The number of morpholine rings is 1. The topological polar surface area (TPSA) is 107 Å². The van der Waals surface area contributed by atoms with Gasteiger partial charge >= 0.3 is 0 Å². The molecule has 10 heteroatoms. The first-order valence-electron chi connectivity index (χ1n) is 12.2. The number of benzene rings is 2. The predicted molar refractivity (Wildman–Crippen MR) is 133 cm³/mol. The number of rotatable bonds is 7. The molecule has 2 saturated heterocycles. The van der Waals surface area contributed by atoms with Crippen LogP contribution in [-0.4, -0.2) is 93.4 Å². The molecule has 0 unspecified atom stereocenters. The number of ether oxygens (including phenoxy) is 5. The van der Waals surface area contributed by atoms with Crippen molar-refractivity contribution in [1.29, 1.82) is 0 Å².